The second-order valence-electron chi connectivity index (χ2n) is 6.84. The Labute approximate surface area is 177 Å². The zero-order valence-electron chi connectivity index (χ0n) is 16.4. The standard InChI is InChI=1S/C25H19F5O/c1-2-3-4-17-5-7-18(8-6-17)20-11-14-22(23(26)15-20)19-9-12-21(13-10-19)31-25(29,30)16-24(27)28/h2,5-16H,1,3-4H2. The molecule has 0 fully saturated rings. The summed E-state index contributed by atoms with van der Waals surface area (Å²) < 4.78 is 69.7. The average Bonchev–Trinajstić information content (AvgIpc) is 2.72. The van der Waals surface area contributed by atoms with Gasteiger partial charge in [-0.15, -0.1) is 6.58 Å². The molecule has 3 aromatic carbocycles. The van der Waals surface area contributed by atoms with Gasteiger partial charge >= 0.3 is 6.11 Å². The van der Waals surface area contributed by atoms with Crippen molar-refractivity contribution in [2.24, 2.45) is 0 Å². The van der Waals surface area contributed by atoms with E-state index in [0.29, 0.717) is 11.1 Å². The van der Waals surface area contributed by atoms with E-state index >= 15 is 0 Å². The summed E-state index contributed by atoms with van der Waals surface area (Å²) in [6.45, 7) is 3.70. The first-order valence-electron chi connectivity index (χ1n) is 9.48. The Balaban J connectivity index is 1.77. The number of benzene rings is 3. The monoisotopic (exact) mass is 430 g/mol. The van der Waals surface area contributed by atoms with Crippen LogP contribution in [0.25, 0.3) is 22.3 Å². The molecule has 0 aliphatic heterocycles. The van der Waals surface area contributed by atoms with Crippen LogP contribution in [0.15, 0.2) is 91.5 Å². The third-order valence-electron chi connectivity index (χ3n) is 4.59. The molecule has 3 aromatic rings. The minimum absolute atomic E-state index is 0.277. The van der Waals surface area contributed by atoms with E-state index in [1.807, 2.05) is 30.3 Å². The first-order chi connectivity index (χ1) is 14.8. The normalized spacial score (nSPS) is 11.1. The molecule has 0 radical (unpaired) electrons. The van der Waals surface area contributed by atoms with Gasteiger partial charge in [-0.25, -0.2) is 4.39 Å². The Hall–Kier alpha value is -3.41. The SMILES string of the molecule is C=CCCc1ccc(-c2ccc(-c3ccc(OC(F)(F)C=C(F)F)cc3)c(F)c2)cc1. The van der Waals surface area contributed by atoms with E-state index in [9.17, 15) is 22.0 Å². The van der Waals surface area contributed by atoms with Gasteiger partial charge in [-0.1, -0.05) is 54.6 Å². The summed E-state index contributed by atoms with van der Waals surface area (Å²) >= 11 is 0. The van der Waals surface area contributed by atoms with Crippen LogP contribution in [0.3, 0.4) is 0 Å². The summed E-state index contributed by atoms with van der Waals surface area (Å²) in [5, 5.41) is 0. The highest BCUT2D eigenvalue weighted by molar-refractivity contribution is 5.71. The van der Waals surface area contributed by atoms with Gasteiger partial charge in [-0.3, -0.25) is 0 Å². The van der Waals surface area contributed by atoms with Crippen molar-refractivity contribution in [3.63, 3.8) is 0 Å². The minimum atomic E-state index is -4.14. The quantitative estimate of drug-likeness (QED) is 0.260. The van der Waals surface area contributed by atoms with Crippen molar-refractivity contribution in [1.82, 2.24) is 0 Å². The Kier molecular flexibility index (Phi) is 6.90. The summed E-state index contributed by atoms with van der Waals surface area (Å²) in [5.74, 6) is -0.797. The highest BCUT2D eigenvalue weighted by Crippen LogP contribution is 2.31. The molecule has 0 spiro atoms. The fraction of sp³-hybridized carbons (Fsp3) is 0.120. The van der Waals surface area contributed by atoms with E-state index in [4.69, 9.17) is 0 Å². The molecule has 31 heavy (non-hydrogen) atoms. The number of allylic oxidation sites excluding steroid dienone is 1. The van der Waals surface area contributed by atoms with E-state index in [1.165, 1.54) is 35.9 Å². The average molecular weight is 430 g/mol. The van der Waals surface area contributed by atoms with Crippen LogP contribution in [-0.4, -0.2) is 6.11 Å². The molecular formula is C25H19F5O. The maximum Gasteiger partial charge on any atom is 0.425 e. The predicted octanol–water partition coefficient (Wildman–Crippen LogP) is 8.03. The fourth-order valence-electron chi connectivity index (χ4n) is 3.08. The maximum absolute atomic E-state index is 14.7. The molecule has 0 atom stereocenters. The lowest BCUT2D eigenvalue weighted by Crippen LogP contribution is -2.21. The number of hydrogen-bond donors (Lipinski definition) is 0. The lowest BCUT2D eigenvalue weighted by molar-refractivity contribution is -0.133. The molecule has 1 nitrogen and oxygen atoms in total. The van der Waals surface area contributed by atoms with E-state index in [0.717, 1.165) is 18.4 Å². The summed E-state index contributed by atoms with van der Waals surface area (Å²) in [5.41, 5.74) is 3.45. The Morgan fingerprint density at radius 2 is 1.48 bits per heavy atom. The number of hydrogen-bond acceptors (Lipinski definition) is 1. The van der Waals surface area contributed by atoms with Gasteiger partial charge in [0.15, 0.2) is 0 Å². The zero-order valence-corrected chi connectivity index (χ0v) is 16.4. The molecule has 0 bridgehead atoms. The number of alkyl halides is 2. The Morgan fingerprint density at radius 3 is 2.06 bits per heavy atom. The summed E-state index contributed by atoms with van der Waals surface area (Å²) in [4.78, 5) is 0. The minimum Gasteiger partial charge on any atom is -0.429 e. The second-order valence-corrected chi connectivity index (χ2v) is 6.84. The van der Waals surface area contributed by atoms with Crippen LogP contribution in [0.5, 0.6) is 5.75 Å². The zero-order chi connectivity index (χ0) is 22.4. The van der Waals surface area contributed by atoms with Crippen LogP contribution in [-0.2, 0) is 6.42 Å². The van der Waals surface area contributed by atoms with Crippen molar-refractivity contribution >= 4 is 0 Å². The van der Waals surface area contributed by atoms with Crippen LogP contribution in [0.2, 0.25) is 0 Å². The van der Waals surface area contributed by atoms with E-state index < -0.39 is 24.1 Å². The van der Waals surface area contributed by atoms with Crippen molar-refractivity contribution in [3.05, 3.63) is 103 Å². The fourth-order valence-corrected chi connectivity index (χ4v) is 3.08. The molecule has 0 N–H and O–H groups in total. The van der Waals surface area contributed by atoms with Crippen LogP contribution in [0, 0.1) is 5.82 Å². The molecule has 0 aliphatic rings. The Bertz CT molecular complexity index is 1070. The first kappa shape index (κ1) is 22.3. The van der Waals surface area contributed by atoms with Crippen molar-refractivity contribution in [3.8, 4) is 28.0 Å². The van der Waals surface area contributed by atoms with Crippen LogP contribution < -0.4 is 4.74 Å². The molecule has 160 valence electrons. The maximum atomic E-state index is 14.7. The van der Waals surface area contributed by atoms with Gasteiger partial charge in [0.05, 0.1) is 6.08 Å². The molecule has 0 saturated heterocycles. The predicted molar refractivity (Wildman–Crippen MR) is 112 cm³/mol. The molecule has 0 amide bonds. The molecular weight excluding hydrogens is 411 g/mol. The van der Waals surface area contributed by atoms with Gasteiger partial charge in [0, 0.05) is 5.56 Å². The van der Waals surface area contributed by atoms with E-state index in [-0.39, 0.29) is 11.3 Å². The van der Waals surface area contributed by atoms with Crippen molar-refractivity contribution in [2.75, 3.05) is 0 Å². The lowest BCUT2D eigenvalue weighted by Gasteiger charge is -2.14. The molecule has 0 heterocycles. The molecule has 6 heteroatoms. The highest BCUT2D eigenvalue weighted by atomic mass is 19.3. The summed E-state index contributed by atoms with van der Waals surface area (Å²) in [6, 6.07) is 17.7. The lowest BCUT2D eigenvalue weighted by atomic mass is 9.98. The molecule has 0 aromatic heterocycles. The summed E-state index contributed by atoms with van der Waals surface area (Å²) in [7, 11) is 0. The smallest absolute Gasteiger partial charge is 0.425 e. The first-order valence-corrected chi connectivity index (χ1v) is 9.48. The third-order valence-corrected chi connectivity index (χ3v) is 4.59. The van der Waals surface area contributed by atoms with Crippen LogP contribution in [0.1, 0.15) is 12.0 Å². The van der Waals surface area contributed by atoms with Crippen LogP contribution >= 0.6 is 0 Å². The topological polar surface area (TPSA) is 9.23 Å². The Morgan fingerprint density at radius 1 is 0.871 bits per heavy atom. The second kappa shape index (κ2) is 9.60. The van der Waals surface area contributed by atoms with Gasteiger partial charge in [0.25, 0.3) is 6.08 Å². The third kappa shape index (κ3) is 6.04. The van der Waals surface area contributed by atoms with Crippen molar-refractivity contribution in [2.45, 2.75) is 19.0 Å². The van der Waals surface area contributed by atoms with E-state index in [1.54, 1.807) is 12.1 Å². The number of halogens is 5. The highest BCUT2D eigenvalue weighted by Gasteiger charge is 2.30. The van der Waals surface area contributed by atoms with Gasteiger partial charge in [0.1, 0.15) is 11.6 Å². The van der Waals surface area contributed by atoms with Gasteiger partial charge in [0.2, 0.25) is 0 Å². The molecule has 0 aliphatic carbocycles. The number of aryl methyl sites for hydroxylation is 1. The molecule has 3 rings (SSSR count). The molecule has 0 saturated carbocycles. The van der Waals surface area contributed by atoms with Gasteiger partial charge < -0.3 is 4.74 Å². The molecule has 0 unspecified atom stereocenters. The van der Waals surface area contributed by atoms with Gasteiger partial charge in [-0.05, 0) is 53.3 Å². The van der Waals surface area contributed by atoms with Gasteiger partial charge in [-0.2, -0.15) is 17.6 Å². The number of ether oxygens (including phenoxy) is 1. The largest absolute Gasteiger partial charge is 0.429 e. The number of rotatable bonds is 8. The van der Waals surface area contributed by atoms with Crippen molar-refractivity contribution in [1.29, 1.82) is 0 Å². The van der Waals surface area contributed by atoms with E-state index in [2.05, 4.69) is 11.3 Å². The summed E-state index contributed by atoms with van der Waals surface area (Å²) in [6.07, 6.45) is -3.64. The van der Waals surface area contributed by atoms with Crippen LogP contribution in [0.4, 0.5) is 22.0 Å². The van der Waals surface area contributed by atoms with Crippen molar-refractivity contribution < 1.29 is 26.7 Å².